The Kier molecular flexibility index (Phi) is 5.16. The summed E-state index contributed by atoms with van der Waals surface area (Å²) in [4.78, 5) is 7.29. The standard InChI is InChI=1S/C17H21IN2S/c1-13-17(20-11-2-3-12-20)21-16(19-13)6-4-5-14-7-9-15(18)10-8-14/h7-10H,2-6,11-12H2,1H3. The molecule has 112 valence electrons. The zero-order valence-electron chi connectivity index (χ0n) is 12.4. The van der Waals surface area contributed by atoms with E-state index >= 15 is 0 Å². The van der Waals surface area contributed by atoms with Crippen molar-refractivity contribution >= 4 is 38.9 Å². The minimum Gasteiger partial charge on any atom is -0.362 e. The quantitative estimate of drug-likeness (QED) is 0.654. The van der Waals surface area contributed by atoms with Crippen LogP contribution in [0.5, 0.6) is 0 Å². The van der Waals surface area contributed by atoms with E-state index in [0.717, 1.165) is 12.8 Å². The first-order chi connectivity index (χ1) is 10.2. The lowest BCUT2D eigenvalue weighted by atomic mass is 10.1. The van der Waals surface area contributed by atoms with E-state index in [1.165, 1.54) is 57.2 Å². The van der Waals surface area contributed by atoms with Crippen molar-refractivity contribution in [3.05, 3.63) is 44.1 Å². The number of anilines is 1. The Morgan fingerprint density at radius 3 is 2.57 bits per heavy atom. The Balaban J connectivity index is 1.55. The van der Waals surface area contributed by atoms with E-state index in [2.05, 4.69) is 58.7 Å². The van der Waals surface area contributed by atoms with Crippen LogP contribution in [-0.4, -0.2) is 18.1 Å². The van der Waals surface area contributed by atoms with Crippen LogP contribution in [0.2, 0.25) is 0 Å². The van der Waals surface area contributed by atoms with Gasteiger partial charge in [-0.1, -0.05) is 12.1 Å². The molecule has 0 aliphatic carbocycles. The normalized spacial score (nSPS) is 14.9. The molecule has 0 unspecified atom stereocenters. The molecule has 1 aliphatic heterocycles. The SMILES string of the molecule is Cc1nc(CCCc2ccc(I)cc2)sc1N1CCCC1. The molecular formula is C17H21IN2S. The molecule has 3 rings (SSSR count). The maximum Gasteiger partial charge on any atom is 0.114 e. The van der Waals surface area contributed by atoms with Crippen molar-refractivity contribution < 1.29 is 0 Å². The van der Waals surface area contributed by atoms with Crippen molar-refractivity contribution in [3.63, 3.8) is 0 Å². The van der Waals surface area contributed by atoms with E-state index in [9.17, 15) is 0 Å². The van der Waals surface area contributed by atoms with Crippen LogP contribution in [0.3, 0.4) is 0 Å². The zero-order valence-corrected chi connectivity index (χ0v) is 15.4. The number of aromatic nitrogens is 1. The van der Waals surface area contributed by atoms with Gasteiger partial charge in [-0.15, -0.1) is 11.3 Å². The second-order valence-corrected chi connectivity index (χ2v) is 7.98. The topological polar surface area (TPSA) is 16.1 Å². The number of benzene rings is 1. The molecule has 1 aromatic carbocycles. The first-order valence-electron chi connectivity index (χ1n) is 7.68. The van der Waals surface area contributed by atoms with Crippen molar-refractivity contribution in [1.29, 1.82) is 0 Å². The molecule has 1 fully saturated rings. The van der Waals surface area contributed by atoms with Crippen LogP contribution >= 0.6 is 33.9 Å². The van der Waals surface area contributed by atoms with Gasteiger partial charge < -0.3 is 4.90 Å². The summed E-state index contributed by atoms with van der Waals surface area (Å²) in [6.45, 7) is 4.59. The zero-order chi connectivity index (χ0) is 14.7. The van der Waals surface area contributed by atoms with Crippen molar-refractivity contribution in [2.75, 3.05) is 18.0 Å². The molecule has 0 radical (unpaired) electrons. The molecule has 1 aromatic heterocycles. The molecule has 0 bridgehead atoms. The third kappa shape index (κ3) is 3.97. The van der Waals surface area contributed by atoms with E-state index in [0.29, 0.717) is 0 Å². The van der Waals surface area contributed by atoms with Crippen molar-refractivity contribution in [1.82, 2.24) is 4.98 Å². The molecule has 0 atom stereocenters. The maximum absolute atomic E-state index is 4.78. The average Bonchev–Trinajstić information content (AvgIpc) is 3.10. The number of hydrogen-bond acceptors (Lipinski definition) is 3. The smallest absolute Gasteiger partial charge is 0.114 e. The number of nitrogens with zero attached hydrogens (tertiary/aromatic N) is 2. The van der Waals surface area contributed by atoms with Gasteiger partial charge in [0.2, 0.25) is 0 Å². The minimum absolute atomic E-state index is 1.10. The Morgan fingerprint density at radius 1 is 1.14 bits per heavy atom. The molecule has 2 aromatic rings. The predicted molar refractivity (Wildman–Crippen MR) is 99.5 cm³/mol. The summed E-state index contributed by atoms with van der Waals surface area (Å²) in [6.07, 6.45) is 6.10. The van der Waals surface area contributed by atoms with Crippen LogP contribution in [0.4, 0.5) is 5.00 Å². The molecule has 0 spiro atoms. The van der Waals surface area contributed by atoms with E-state index < -0.39 is 0 Å². The van der Waals surface area contributed by atoms with E-state index in [4.69, 9.17) is 4.98 Å². The lowest BCUT2D eigenvalue weighted by Crippen LogP contribution is -2.16. The highest BCUT2D eigenvalue weighted by Crippen LogP contribution is 2.31. The summed E-state index contributed by atoms with van der Waals surface area (Å²) >= 11 is 4.26. The van der Waals surface area contributed by atoms with Gasteiger partial charge in [-0.3, -0.25) is 0 Å². The molecule has 0 amide bonds. The van der Waals surface area contributed by atoms with E-state index in [1.54, 1.807) is 0 Å². The van der Waals surface area contributed by atoms with Crippen LogP contribution in [0.1, 0.15) is 35.5 Å². The van der Waals surface area contributed by atoms with Gasteiger partial charge in [-0.25, -0.2) is 4.98 Å². The molecule has 0 N–H and O–H groups in total. The summed E-state index contributed by atoms with van der Waals surface area (Å²) in [7, 11) is 0. The predicted octanol–water partition coefficient (Wildman–Crippen LogP) is 4.83. The van der Waals surface area contributed by atoms with Crippen molar-refractivity contribution in [2.24, 2.45) is 0 Å². The number of aryl methyl sites for hydroxylation is 3. The molecule has 2 nitrogen and oxygen atoms in total. The third-order valence-electron chi connectivity index (χ3n) is 3.98. The summed E-state index contributed by atoms with van der Waals surface area (Å²) in [6, 6.07) is 8.86. The molecule has 2 heterocycles. The number of hydrogen-bond donors (Lipinski definition) is 0. The number of halogens is 1. The second kappa shape index (κ2) is 7.09. The fourth-order valence-corrected chi connectivity index (χ4v) is 4.38. The third-order valence-corrected chi connectivity index (χ3v) is 5.98. The molecule has 4 heteroatoms. The fraction of sp³-hybridized carbons (Fsp3) is 0.471. The van der Waals surface area contributed by atoms with Crippen molar-refractivity contribution in [2.45, 2.75) is 39.0 Å². The van der Waals surface area contributed by atoms with Gasteiger partial charge in [0.1, 0.15) is 5.00 Å². The van der Waals surface area contributed by atoms with Gasteiger partial charge >= 0.3 is 0 Å². The fourth-order valence-electron chi connectivity index (χ4n) is 2.86. The largest absolute Gasteiger partial charge is 0.362 e. The molecule has 1 saturated heterocycles. The Morgan fingerprint density at radius 2 is 1.86 bits per heavy atom. The first kappa shape index (κ1) is 15.3. The van der Waals surface area contributed by atoms with Gasteiger partial charge in [0.15, 0.2) is 0 Å². The Bertz CT molecular complexity index is 585. The molecular weight excluding hydrogens is 391 g/mol. The summed E-state index contributed by atoms with van der Waals surface area (Å²) in [5.41, 5.74) is 2.66. The van der Waals surface area contributed by atoms with E-state index in [1.807, 2.05) is 11.3 Å². The Labute approximate surface area is 144 Å². The summed E-state index contributed by atoms with van der Waals surface area (Å²) in [5.74, 6) is 0. The Hall–Kier alpha value is -0.620. The first-order valence-corrected chi connectivity index (χ1v) is 9.57. The van der Waals surface area contributed by atoms with Crippen LogP contribution < -0.4 is 4.90 Å². The monoisotopic (exact) mass is 412 g/mol. The lowest BCUT2D eigenvalue weighted by Gasteiger charge is -2.14. The number of rotatable bonds is 5. The van der Waals surface area contributed by atoms with Gasteiger partial charge in [0.05, 0.1) is 10.7 Å². The maximum atomic E-state index is 4.78. The summed E-state index contributed by atoms with van der Waals surface area (Å²) in [5, 5.41) is 2.72. The van der Waals surface area contributed by atoms with Crippen LogP contribution in [-0.2, 0) is 12.8 Å². The van der Waals surface area contributed by atoms with Gasteiger partial charge in [0.25, 0.3) is 0 Å². The highest BCUT2D eigenvalue weighted by molar-refractivity contribution is 14.1. The van der Waals surface area contributed by atoms with Gasteiger partial charge in [-0.2, -0.15) is 0 Å². The molecule has 0 saturated carbocycles. The minimum atomic E-state index is 1.10. The van der Waals surface area contributed by atoms with E-state index in [-0.39, 0.29) is 0 Å². The second-order valence-electron chi connectivity index (χ2n) is 5.67. The van der Waals surface area contributed by atoms with Gasteiger partial charge in [0, 0.05) is 16.7 Å². The van der Waals surface area contributed by atoms with Crippen molar-refractivity contribution in [3.8, 4) is 0 Å². The highest BCUT2D eigenvalue weighted by atomic mass is 127. The molecule has 1 aliphatic rings. The average molecular weight is 412 g/mol. The molecule has 21 heavy (non-hydrogen) atoms. The van der Waals surface area contributed by atoms with Crippen LogP contribution in [0.25, 0.3) is 0 Å². The van der Waals surface area contributed by atoms with Crippen LogP contribution in [0.15, 0.2) is 24.3 Å². The summed E-state index contributed by atoms with van der Waals surface area (Å²) < 4.78 is 1.31. The highest BCUT2D eigenvalue weighted by Gasteiger charge is 2.18. The lowest BCUT2D eigenvalue weighted by molar-refractivity contribution is 0.812. The van der Waals surface area contributed by atoms with Crippen LogP contribution in [0, 0.1) is 10.5 Å². The van der Waals surface area contributed by atoms with Gasteiger partial charge in [-0.05, 0) is 79.3 Å². The number of thiazole rings is 1.